The van der Waals surface area contributed by atoms with Crippen LogP contribution in [0.5, 0.6) is 0 Å². The molecule has 0 amide bonds. The second-order valence-electron chi connectivity index (χ2n) is 3.36. The summed E-state index contributed by atoms with van der Waals surface area (Å²) >= 11 is 4.94. The lowest BCUT2D eigenvalue weighted by Gasteiger charge is -2.04. The minimum absolute atomic E-state index is 0.116. The maximum absolute atomic E-state index is 10.1. The molecule has 2 rings (SSSR count). The summed E-state index contributed by atoms with van der Waals surface area (Å²) in [5.41, 5.74) is -0.745. The standard InChI is InChI=1S/C5H7ClO3.C4H8O2/c6-5(7)9-4-1-2-8-3-4;5-4-1-2-6-3-4/h4H,1-3H2;4-5H,1-3H2/t2*4-/m00/s1. The van der Waals surface area contributed by atoms with Gasteiger partial charge < -0.3 is 19.3 Å². The highest BCUT2D eigenvalue weighted by molar-refractivity contribution is 6.61. The molecular formula is C9H15ClO5. The fraction of sp³-hybridized carbons (Fsp3) is 0.889. The van der Waals surface area contributed by atoms with Gasteiger partial charge in [-0.2, -0.15) is 0 Å². The number of halogens is 1. The molecule has 2 saturated heterocycles. The quantitative estimate of drug-likeness (QED) is 0.688. The molecule has 1 N–H and O–H groups in total. The van der Waals surface area contributed by atoms with Gasteiger partial charge >= 0.3 is 5.43 Å². The molecule has 0 radical (unpaired) electrons. The van der Waals surface area contributed by atoms with E-state index in [2.05, 4.69) is 4.74 Å². The predicted octanol–water partition coefficient (Wildman–Crippen LogP) is 0.918. The van der Waals surface area contributed by atoms with E-state index in [4.69, 9.17) is 26.2 Å². The Hall–Kier alpha value is -0.360. The Kier molecular flexibility index (Phi) is 5.93. The number of ether oxygens (including phenoxy) is 3. The summed E-state index contributed by atoms with van der Waals surface area (Å²) in [6.45, 7) is 2.43. The van der Waals surface area contributed by atoms with Crippen molar-refractivity contribution in [2.45, 2.75) is 25.0 Å². The maximum atomic E-state index is 10.1. The van der Waals surface area contributed by atoms with E-state index in [-0.39, 0.29) is 12.2 Å². The van der Waals surface area contributed by atoms with Gasteiger partial charge in [0.25, 0.3) is 0 Å². The van der Waals surface area contributed by atoms with Crippen molar-refractivity contribution in [2.75, 3.05) is 26.4 Å². The molecule has 0 aromatic carbocycles. The molecule has 15 heavy (non-hydrogen) atoms. The molecule has 6 heteroatoms. The third-order valence-electron chi connectivity index (χ3n) is 2.05. The van der Waals surface area contributed by atoms with Crippen LogP contribution >= 0.6 is 11.6 Å². The first kappa shape index (κ1) is 12.7. The fourth-order valence-corrected chi connectivity index (χ4v) is 1.38. The molecule has 2 atom stereocenters. The summed E-state index contributed by atoms with van der Waals surface area (Å²) in [5, 5.41) is 8.60. The van der Waals surface area contributed by atoms with Crippen LogP contribution in [-0.2, 0) is 14.2 Å². The van der Waals surface area contributed by atoms with Gasteiger partial charge in [-0.15, -0.1) is 0 Å². The lowest BCUT2D eigenvalue weighted by molar-refractivity contribution is 0.101. The smallest absolute Gasteiger partial charge is 0.404 e. The molecule has 88 valence electrons. The molecule has 5 nitrogen and oxygen atoms in total. The van der Waals surface area contributed by atoms with Crippen LogP contribution < -0.4 is 0 Å². The average Bonchev–Trinajstić information content (AvgIpc) is 2.78. The van der Waals surface area contributed by atoms with Crippen LogP contribution in [0, 0.1) is 0 Å². The highest BCUT2D eigenvalue weighted by Crippen LogP contribution is 2.09. The van der Waals surface area contributed by atoms with Gasteiger partial charge in [-0.1, -0.05) is 0 Å². The zero-order valence-corrected chi connectivity index (χ0v) is 9.11. The number of hydrogen-bond acceptors (Lipinski definition) is 5. The summed E-state index contributed by atoms with van der Waals surface area (Å²) in [5.74, 6) is 0. The molecule has 0 bridgehead atoms. The third kappa shape index (κ3) is 5.94. The van der Waals surface area contributed by atoms with Gasteiger partial charge in [0.1, 0.15) is 6.10 Å². The minimum Gasteiger partial charge on any atom is -0.448 e. The van der Waals surface area contributed by atoms with Gasteiger partial charge in [0, 0.05) is 24.6 Å². The van der Waals surface area contributed by atoms with Crippen molar-refractivity contribution in [3.8, 4) is 0 Å². The molecule has 0 unspecified atom stereocenters. The average molecular weight is 239 g/mol. The van der Waals surface area contributed by atoms with Crippen molar-refractivity contribution in [2.24, 2.45) is 0 Å². The van der Waals surface area contributed by atoms with Crippen LogP contribution in [0.3, 0.4) is 0 Å². The Labute approximate surface area is 93.3 Å². The predicted molar refractivity (Wildman–Crippen MR) is 53.0 cm³/mol. The van der Waals surface area contributed by atoms with Crippen LogP contribution in [0.2, 0.25) is 0 Å². The summed E-state index contributed by atoms with van der Waals surface area (Å²) in [6, 6.07) is 0. The van der Waals surface area contributed by atoms with Crippen molar-refractivity contribution in [1.82, 2.24) is 0 Å². The Morgan fingerprint density at radius 1 is 1.27 bits per heavy atom. The Bertz CT molecular complexity index is 187. The van der Waals surface area contributed by atoms with Crippen LogP contribution in [-0.4, -0.2) is 49.2 Å². The van der Waals surface area contributed by atoms with Crippen molar-refractivity contribution < 1.29 is 24.1 Å². The van der Waals surface area contributed by atoms with E-state index >= 15 is 0 Å². The topological polar surface area (TPSA) is 65.0 Å². The Morgan fingerprint density at radius 2 is 1.93 bits per heavy atom. The van der Waals surface area contributed by atoms with E-state index in [1.807, 2.05) is 0 Å². The van der Waals surface area contributed by atoms with Crippen LogP contribution in [0.1, 0.15) is 12.8 Å². The molecule has 0 saturated carbocycles. The molecule has 2 aliphatic heterocycles. The Morgan fingerprint density at radius 3 is 2.27 bits per heavy atom. The van der Waals surface area contributed by atoms with E-state index in [0.29, 0.717) is 19.8 Å². The third-order valence-corrected chi connectivity index (χ3v) is 2.14. The normalized spacial score (nSPS) is 29.5. The van der Waals surface area contributed by atoms with E-state index in [1.54, 1.807) is 0 Å². The highest BCUT2D eigenvalue weighted by Gasteiger charge is 2.18. The van der Waals surface area contributed by atoms with Gasteiger partial charge in [-0.3, -0.25) is 0 Å². The van der Waals surface area contributed by atoms with Crippen LogP contribution in [0.4, 0.5) is 4.79 Å². The van der Waals surface area contributed by atoms with Gasteiger partial charge in [0.05, 0.1) is 25.9 Å². The largest absolute Gasteiger partial charge is 0.448 e. The van der Waals surface area contributed by atoms with Crippen molar-refractivity contribution in [3.63, 3.8) is 0 Å². The first-order valence-electron chi connectivity index (χ1n) is 4.88. The summed E-state index contributed by atoms with van der Waals surface area (Å²) in [6.07, 6.45) is 1.29. The molecule has 2 fully saturated rings. The van der Waals surface area contributed by atoms with Gasteiger partial charge in [0.15, 0.2) is 0 Å². The van der Waals surface area contributed by atoms with Gasteiger partial charge in [0.2, 0.25) is 0 Å². The van der Waals surface area contributed by atoms with E-state index in [1.165, 1.54) is 0 Å². The van der Waals surface area contributed by atoms with Crippen molar-refractivity contribution in [1.29, 1.82) is 0 Å². The van der Waals surface area contributed by atoms with Crippen molar-refractivity contribution >= 4 is 17.0 Å². The van der Waals surface area contributed by atoms with Crippen LogP contribution in [0.25, 0.3) is 0 Å². The molecule has 0 aromatic rings. The van der Waals surface area contributed by atoms with Gasteiger partial charge in [-0.05, 0) is 6.42 Å². The number of hydrogen-bond donors (Lipinski definition) is 1. The number of carbonyl (C=O) groups is 1. The van der Waals surface area contributed by atoms with E-state index < -0.39 is 5.43 Å². The molecule has 0 aromatic heterocycles. The molecule has 0 aliphatic carbocycles. The zero-order chi connectivity index (χ0) is 11.1. The number of aliphatic hydroxyl groups excluding tert-OH is 1. The summed E-state index contributed by atoms with van der Waals surface area (Å²) < 4.78 is 14.3. The Balaban J connectivity index is 0.000000162. The van der Waals surface area contributed by atoms with E-state index in [0.717, 1.165) is 19.4 Å². The zero-order valence-electron chi connectivity index (χ0n) is 8.36. The lowest BCUT2D eigenvalue weighted by atomic mass is 10.3. The van der Waals surface area contributed by atoms with Crippen LogP contribution in [0.15, 0.2) is 0 Å². The SMILES string of the molecule is O=C(Cl)O[C@H]1CCOC1.O[C@H]1CCOC1. The minimum atomic E-state index is -0.745. The van der Waals surface area contributed by atoms with Crippen molar-refractivity contribution in [3.05, 3.63) is 0 Å². The lowest BCUT2D eigenvalue weighted by Crippen LogP contribution is -2.13. The fourth-order valence-electron chi connectivity index (χ4n) is 1.26. The van der Waals surface area contributed by atoms with Gasteiger partial charge in [-0.25, -0.2) is 4.79 Å². The first-order chi connectivity index (χ1) is 7.18. The molecular weight excluding hydrogens is 224 g/mol. The first-order valence-corrected chi connectivity index (χ1v) is 5.26. The second-order valence-corrected chi connectivity index (χ2v) is 3.67. The number of carbonyl (C=O) groups excluding carboxylic acids is 1. The number of rotatable bonds is 1. The summed E-state index contributed by atoms with van der Waals surface area (Å²) in [4.78, 5) is 10.1. The van der Waals surface area contributed by atoms with E-state index in [9.17, 15) is 4.79 Å². The second kappa shape index (κ2) is 7.00. The summed E-state index contributed by atoms with van der Waals surface area (Å²) in [7, 11) is 0. The molecule has 0 spiro atoms. The monoisotopic (exact) mass is 238 g/mol. The molecule has 2 aliphatic rings. The molecule has 2 heterocycles. The maximum Gasteiger partial charge on any atom is 0.404 e. The highest BCUT2D eigenvalue weighted by atomic mass is 35.5. The number of aliphatic hydroxyl groups is 1.